The van der Waals surface area contributed by atoms with Crippen LogP contribution in [0.1, 0.15) is 45.4 Å². The van der Waals surface area contributed by atoms with E-state index in [9.17, 15) is 4.79 Å². The van der Waals surface area contributed by atoms with Gasteiger partial charge in [-0.05, 0) is 43.4 Å². The van der Waals surface area contributed by atoms with E-state index in [1.54, 1.807) is 0 Å². The Morgan fingerprint density at radius 1 is 1.26 bits per heavy atom. The first kappa shape index (κ1) is 16.5. The van der Waals surface area contributed by atoms with Gasteiger partial charge in [0.05, 0.1) is 0 Å². The number of hydrogen-bond donors (Lipinski definition) is 3. The van der Waals surface area contributed by atoms with Gasteiger partial charge in [-0.3, -0.25) is 10.2 Å². The monoisotopic (exact) mass is 319 g/mol. The van der Waals surface area contributed by atoms with E-state index in [4.69, 9.17) is 5.26 Å². The van der Waals surface area contributed by atoms with Gasteiger partial charge in [0.25, 0.3) is 0 Å². The lowest BCUT2D eigenvalue weighted by molar-refractivity contribution is -0.132. The molecule has 2 saturated heterocycles. The largest absolute Gasteiger partial charge is 0.341 e. The van der Waals surface area contributed by atoms with Crippen LogP contribution >= 0.6 is 0 Å². The Bertz CT molecular complexity index is 454. The molecule has 3 N–H and O–H groups in total. The average Bonchev–Trinajstić information content (AvgIpc) is 3.22. The van der Waals surface area contributed by atoms with Crippen molar-refractivity contribution in [3.63, 3.8) is 0 Å². The Hall–Kier alpha value is -1.32. The van der Waals surface area contributed by atoms with Crippen LogP contribution in [0, 0.1) is 29.2 Å². The Morgan fingerprint density at radius 3 is 2.78 bits per heavy atom. The fourth-order valence-corrected chi connectivity index (χ4v) is 4.35. The molecule has 6 nitrogen and oxygen atoms in total. The highest BCUT2D eigenvalue weighted by Gasteiger charge is 2.38. The van der Waals surface area contributed by atoms with Gasteiger partial charge in [-0.1, -0.05) is 19.8 Å². The van der Waals surface area contributed by atoms with Crippen molar-refractivity contribution in [3.05, 3.63) is 0 Å². The number of carbonyl (C=O) groups is 1. The fourth-order valence-electron chi connectivity index (χ4n) is 4.35. The van der Waals surface area contributed by atoms with Crippen molar-refractivity contribution < 1.29 is 4.79 Å². The van der Waals surface area contributed by atoms with Crippen LogP contribution in [0.3, 0.4) is 0 Å². The third kappa shape index (κ3) is 3.96. The van der Waals surface area contributed by atoms with Crippen molar-refractivity contribution >= 4 is 5.91 Å². The molecule has 2 heterocycles. The average molecular weight is 319 g/mol. The van der Waals surface area contributed by atoms with E-state index in [2.05, 4.69) is 23.1 Å². The summed E-state index contributed by atoms with van der Waals surface area (Å²) in [5.74, 6) is 2.21. The summed E-state index contributed by atoms with van der Waals surface area (Å²) in [7, 11) is 0. The molecular weight excluding hydrogens is 290 g/mol. The summed E-state index contributed by atoms with van der Waals surface area (Å²) < 4.78 is 0. The molecule has 0 aromatic heterocycles. The lowest BCUT2D eigenvalue weighted by Gasteiger charge is -2.30. The van der Waals surface area contributed by atoms with Crippen molar-refractivity contribution in [2.75, 3.05) is 19.6 Å². The van der Waals surface area contributed by atoms with Crippen LogP contribution in [-0.2, 0) is 4.79 Å². The van der Waals surface area contributed by atoms with E-state index in [1.165, 1.54) is 25.7 Å². The van der Waals surface area contributed by atoms with E-state index < -0.39 is 0 Å². The summed E-state index contributed by atoms with van der Waals surface area (Å²) in [4.78, 5) is 14.7. The SMILES string of the molecule is CC1CCC(C2CC(C(=O)N3CC[C@H](CNC#N)C3)NN2)CC1. The molecule has 6 heteroatoms. The zero-order valence-electron chi connectivity index (χ0n) is 14.1. The highest BCUT2D eigenvalue weighted by Crippen LogP contribution is 2.33. The van der Waals surface area contributed by atoms with Crippen LogP contribution in [0.5, 0.6) is 0 Å². The standard InChI is InChI=1S/C17H29N5O/c1-12-2-4-14(5-3-12)15-8-16(21-20-15)17(23)22-7-6-13(10-22)9-19-11-18/h12-16,19-21H,2-10H2,1H3/t12?,13-,14?,15?,16?/m1/s1. The van der Waals surface area contributed by atoms with Crippen molar-refractivity contribution in [3.8, 4) is 6.19 Å². The van der Waals surface area contributed by atoms with Crippen molar-refractivity contribution in [2.45, 2.75) is 57.5 Å². The summed E-state index contributed by atoms with van der Waals surface area (Å²) in [6.07, 6.45) is 9.08. The second kappa shape index (κ2) is 7.50. The molecule has 0 bridgehead atoms. The Balaban J connectivity index is 1.45. The molecule has 3 rings (SSSR count). The molecule has 0 radical (unpaired) electrons. The minimum absolute atomic E-state index is 0.0815. The third-order valence-electron chi connectivity index (χ3n) is 5.93. The van der Waals surface area contributed by atoms with Gasteiger partial charge in [0.15, 0.2) is 6.19 Å². The number of rotatable bonds is 4. The molecule has 0 aromatic rings. The molecule has 3 atom stereocenters. The molecule has 2 unspecified atom stereocenters. The first-order valence-corrected chi connectivity index (χ1v) is 9.09. The number of nitrogens with one attached hydrogen (secondary N) is 3. The third-order valence-corrected chi connectivity index (χ3v) is 5.93. The molecule has 3 fully saturated rings. The first-order valence-electron chi connectivity index (χ1n) is 9.09. The number of likely N-dealkylation sites (tertiary alicyclic amines) is 1. The minimum Gasteiger partial charge on any atom is -0.341 e. The van der Waals surface area contributed by atoms with E-state index >= 15 is 0 Å². The van der Waals surface area contributed by atoms with E-state index in [0.29, 0.717) is 24.4 Å². The highest BCUT2D eigenvalue weighted by atomic mass is 16.2. The molecule has 2 aliphatic heterocycles. The van der Waals surface area contributed by atoms with Gasteiger partial charge in [-0.15, -0.1) is 0 Å². The van der Waals surface area contributed by atoms with Gasteiger partial charge in [-0.2, -0.15) is 5.26 Å². The van der Waals surface area contributed by atoms with Crippen molar-refractivity contribution in [1.82, 2.24) is 21.1 Å². The number of carbonyl (C=O) groups excluding carboxylic acids is 1. The Kier molecular flexibility index (Phi) is 5.39. The van der Waals surface area contributed by atoms with Gasteiger partial charge in [0.2, 0.25) is 5.91 Å². The van der Waals surface area contributed by atoms with Gasteiger partial charge < -0.3 is 10.2 Å². The number of hydrogen-bond acceptors (Lipinski definition) is 5. The maximum Gasteiger partial charge on any atom is 0.241 e. The summed E-state index contributed by atoms with van der Waals surface area (Å²) in [6, 6.07) is 0.358. The van der Waals surface area contributed by atoms with E-state index in [-0.39, 0.29) is 11.9 Å². The molecule has 0 aromatic carbocycles. The maximum atomic E-state index is 12.7. The number of amides is 1. The molecule has 1 saturated carbocycles. The van der Waals surface area contributed by atoms with Crippen molar-refractivity contribution in [2.24, 2.45) is 17.8 Å². The summed E-state index contributed by atoms with van der Waals surface area (Å²) in [5.41, 5.74) is 6.63. The summed E-state index contributed by atoms with van der Waals surface area (Å²) >= 11 is 0. The fraction of sp³-hybridized carbons (Fsp3) is 0.882. The van der Waals surface area contributed by atoms with E-state index in [0.717, 1.165) is 31.8 Å². The van der Waals surface area contributed by atoms with Crippen LogP contribution in [0.15, 0.2) is 0 Å². The van der Waals surface area contributed by atoms with Gasteiger partial charge in [0, 0.05) is 25.7 Å². The molecule has 128 valence electrons. The van der Waals surface area contributed by atoms with Crippen LogP contribution < -0.4 is 16.2 Å². The van der Waals surface area contributed by atoms with Gasteiger partial charge in [-0.25, -0.2) is 5.43 Å². The predicted molar refractivity (Wildman–Crippen MR) is 87.9 cm³/mol. The summed E-state index contributed by atoms with van der Waals surface area (Å²) in [6.45, 7) is 4.62. The molecule has 3 aliphatic rings. The van der Waals surface area contributed by atoms with E-state index in [1.807, 2.05) is 11.1 Å². The lowest BCUT2D eigenvalue weighted by Crippen LogP contribution is -2.45. The van der Waals surface area contributed by atoms with Crippen molar-refractivity contribution in [1.29, 1.82) is 5.26 Å². The number of nitriles is 1. The van der Waals surface area contributed by atoms with Crippen LogP contribution in [0.25, 0.3) is 0 Å². The van der Waals surface area contributed by atoms with Crippen LogP contribution in [-0.4, -0.2) is 42.5 Å². The smallest absolute Gasteiger partial charge is 0.241 e. The Morgan fingerprint density at radius 2 is 2.04 bits per heavy atom. The zero-order valence-corrected chi connectivity index (χ0v) is 14.1. The quantitative estimate of drug-likeness (QED) is 0.531. The first-order chi connectivity index (χ1) is 11.2. The second-order valence-electron chi connectivity index (χ2n) is 7.64. The normalized spacial score (nSPS) is 37.6. The second-order valence-corrected chi connectivity index (χ2v) is 7.64. The maximum absolute atomic E-state index is 12.7. The zero-order chi connectivity index (χ0) is 16.2. The molecule has 1 amide bonds. The molecule has 0 spiro atoms. The van der Waals surface area contributed by atoms with Gasteiger partial charge in [0.1, 0.15) is 6.04 Å². The molecule has 23 heavy (non-hydrogen) atoms. The van der Waals surface area contributed by atoms with Crippen LogP contribution in [0.4, 0.5) is 0 Å². The molecule has 1 aliphatic carbocycles. The Labute approximate surface area is 138 Å². The lowest BCUT2D eigenvalue weighted by atomic mass is 9.78. The number of hydrazine groups is 1. The summed E-state index contributed by atoms with van der Waals surface area (Å²) in [5, 5.41) is 11.3. The number of nitrogens with zero attached hydrogens (tertiary/aromatic N) is 2. The topological polar surface area (TPSA) is 80.2 Å². The molecular formula is C17H29N5O. The van der Waals surface area contributed by atoms with Crippen LogP contribution in [0.2, 0.25) is 0 Å². The predicted octanol–water partition coefficient (Wildman–Crippen LogP) is 0.967. The minimum atomic E-state index is -0.0815. The van der Waals surface area contributed by atoms with Gasteiger partial charge >= 0.3 is 0 Å². The highest BCUT2D eigenvalue weighted by molar-refractivity contribution is 5.82.